The van der Waals surface area contributed by atoms with Gasteiger partial charge in [-0.1, -0.05) is 25.0 Å². The number of amides is 2. The van der Waals surface area contributed by atoms with E-state index in [1.54, 1.807) is 18.9 Å². The predicted octanol–water partition coefficient (Wildman–Crippen LogP) is 3.27. The van der Waals surface area contributed by atoms with Crippen LogP contribution >= 0.6 is 0 Å². The summed E-state index contributed by atoms with van der Waals surface area (Å²) in [6.45, 7) is 4.38. The number of hydrogen-bond donors (Lipinski definition) is 0. The minimum atomic E-state index is -0.285. The number of carbonyl (C=O) groups excluding carboxylic acids is 2. The second kappa shape index (κ2) is 9.11. The van der Waals surface area contributed by atoms with Crippen LogP contribution in [-0.4, -0.2) is 61.7 Å². The van der Waals surface area contributed by atoms with Gasteiger partial charge in [-0.2, -0.15) is 0 Å². The summed E-state index contributed by atoms with van der Waals surface area (Å²) in [7, 11) is 1.65. The van der Waals surface area contributed by atoms with Gasteiger partial charge in [0.25, 0.3) is 0 Å². The number of carbonyl (C=O) groups is 2. The molecule has 1 saturated carbocycles. The highest BCUT2D eigenvalue weighted by molar-refractivity contribution is 5.84. The summed E-state index contributed by atoms with van der Waals surface area (Å²) < 4.78 is 10.3. The van der Waals surface area contributed by atoms with Gasteiger partial charge >= 0.3 is 6.09 Å². The maximum atomic E-state index is 13.4. The average molecular weight is 374 g/mol. The van der Waals surface area contributed by atoms with Crippen LogP contribution < -0.4 is 4.74 Å². The van der Waals surface area contributed by atoms with Crippen LogP contribution in [0.15, 0.2) is 24.3 Å². The van der Waals surface area contributed by atoms with Gasteiger partial charge in [0.1, 0.15) is 5.75 Å². The Kier molecular flexibility index (Phi) is 6.58. The van der Waals surface area contributed by atoms with E-state index in [-0.39, 0.29) is 17.9 Å². The summed E-state index contributed by atoms with van der Waals surface area (Å²) in [5, 5.41) is 0. The lowest BCUT2D eigenvalue weighted by molar-refractivity contribution is -0.135. The van der Waals surface area contributed by atoms with Crippen LogP contribution in [0.4, 0.5) is 4.79 Å². The fraction of sp³-hybridized carbons (Fsp3) is 0.619. The SMILES string of the molecule is CCOC(=O)N1CCN(C(=O)C(c2ccc(OC)cc2)C2CCCC2)CC1. The molecule has 6 heteroatoms. The Labute approximate surface area is 161 Å². The van der Waals surface area contributed by atoms with Gasteiger partial charge in [0.15, 0.2) is 0 Å². The van der Waals surface area contributed by atoms with Crippen molar-refractivity contribution in [2.45, 2.75) is 38.5 Å². The Hall–Kier alpha value is -2.24. The summed E-state index contributed by atoms with van der Waals surface area (Å²) in [5.74, 6) is 1.29. The van der Waals surface area contributed by atoms with Gasteiger partial charge < -0.3 is 19.3 Å². The first-order valence-electron chi connectivity index (χ1n) is 9.98. The average Bonchev–Trinajstić information content (AvgIpc) is 3.23. The van der Waals surface area contributed by atoms with Crippen LogP contribution in [0.2, 0.25) is 0 Å². The summed E-state index contributed by atoms with van der Waals surface area (Å²) in [5.41, 5.74) is 1.07. The summed E-state index contributed by atoms with van der Waals surface area (Å²) in [4.78, 5) is 28.9. The van der Waals surface area contributed by atoms with Crippen LogP contribution in [0.5, 0.6) is 5.75 Å². The molecule has 1 unspecified atom stereocenters. The molecule has 1 heterocycles. The van der Waals surface area contributed by atoms with E-state index in [0.29, 0.717) is 38.7 Å². The first-order valence-corrected chi connectivity index (χ1v) is 9.98. The fourth-order valence-corrected chi connectivity index (χ4v) is 4.24. The van der Waals surface area contributed by atoms with E-state index in [1.807, 2.05) is 29.2 Å². The maximum absolute atomic E-state index is 13.4. The Morgan fingerprint density at radius 1 is 1.04 bits per heavy atom. The highest BCUT2D eigenvalue weighted by atomic mass is 16.6. The Balaban J connectivity index is 1.71. The van der Waals surface area contributed by atoms with E-state index in [2.05, 4.69) is 0 Å². The molecule has 1 aromatic carbocycles. The molecule has 148 valence electrons. The Morgan fingerprint density at radius 3 is 2.19 bits per heavy atom. The maximum Gasteiger partial charge on any atom is 0.409 e. The number of ether oxygens (including phenoxy) is 2. The van der Waals surface area contributed by atoms with Crippen molar-refractivity contribution in [3.05, 3.63) is 29.8 Å². The molecule has 0 aromatic heterocycles. The Bertz CT molecular complexity index is 632. The van der Waals surface area contributed by atoms with Crippen molar-refractivity contribution in [2.75, 3.05) is 39.9 Å². The van der Waals surface area contributed by atoms with Gasteiger partial charge in [-0.3, -0.25) is 4.79 Å². The molecule has 1 saturated heterocycles. The third-order valence-corrected chi connectivity index (χ3v) is 5.73. The van der Waals surface area contributed by atoms with Crippen LogP contribution in [0.25, 0.3) is 0 Å². The lowest BCUT2D eigenvalue weighted by atomic mass is 9.83. The molecule has 2 aliphatic rings. The molecule has 0 spiro atoms. The highest BCUT2D eigenvalue weighted by Gasteiger charge is 2.36. The number of hydrogen-bond acceptors (Lipinski definition) is 4. The molecule has 1 aliphatic carbocycles. The van der Waals surface area contributed by atoms with Gasteiger partial charge in [-0.05, 0) is 43.4 Å². The lowest BCUT2D eigenvalue weighted by Crippen LogP contribution is -2.52. The number of rotatable bonds is 5. The largest absolute Gasteiger partial charge is 0.497 e. The van der Waals surface area contributed by atoms with E-state index in [1.165, 1.54) is 12.8 Å². The van der Waals surface area contributed by atoms with E-state index < -0.39 is 0 Å². The molecule has 0 radical (unpaired) electrons. The molecule has 2 amide bonds. The fourth-order valence-electron chi connectivity index (χ4n) is 4.24. The summed E-state index contributed by atoms with van der Waals surface area (Å²) in [6.07, 6.45) is 4.31. The lowest BCUT2D eigenvalue weighted by Gasteiger charge is -2.37. The minimum Gasteiger partial charge on any atom is -0.497 e. The van der Waals surface area contributed by atoms with Gasteiger partial charge in [-0.25, -0.2) is 4.79 Å². The topological polar surface area (TPSA) is 59.1 Å². The van der Waals surface area contributed by atoms with Crippen molar-refractivity contribution in [3.63, 3.8) is 0 Å². The Morgan fingerprint density at radius 2 is 1.63 bits per heavy atom. The summed E-state index contributed by atoms with van der Waals surface area (Å²) in [6, 6.07) is 7.91. The molecule has 6 nitrogen and oxygen atoms in total. The van der Waals surface area contributed by atoms with Crippen LogP contribution in [-0.2, 0) is 9.53 Å². The zero-order valence-electron chi connectivity index (χ0n) is 16.4. The van der Waals surface area contributed by atoms with Crippen molar-refractivity contribution in [1.82, 2.24) is 9.80 Å². The normalized spacial score (nSPS) is 19.0. The number of nitrogens with zero attached hydrogens (tertiary/aromatic N) is 2. The van der Waals surface area contributed by atoms with Gasteiger partial charge in [-0.15, -0.1) is 0 Å². The zero-order valence-corrected chi connectivity index (χ0v) is 16.4. The number of benzene rings is 1. The van der Waals surface area contributed by atoms with Crippen LogP contribution in [0.1, 0.15) is 44.1 Å². The first-order chi connectivity index (χ1) is 13.1. The van der Waals surface area contributed by atoms with Crippen LogP contribution in [0, 0.1) is 5.92 Å². The monoisotopic (exact) mass is 374 g/mol. The molecule has 3 rings (SSSR count). The standard InChI is InChI=1S/C21H30N2O4/c1-3-27-21(25)23-14-12-22(13-15-23)20(24)19(16-6-4-5-7-16)17-8-10-18(26-2)11-9-17/h8-11,16,19H,3-7,12-15H2,1-2H3. The molecule has 27 heavy (non-hydrogen) atoms. The smallest absolute Gasteiger partial charge is 0.409 e. The molecule has 1 aromatic rings. The molecule has 0 N–H and O–H groups in total. The van der Waals surface area contributed by atoms with E-state index in [0.717, 1.165) is 24.2 Å². The zero-order chi connectivity index (χ0) is 19.2. The van der Waals surface area contributed by atoms with Crippen molar-refractivity contribution < 1.29 is 19.1 Å². The molecular formula is C21H30N2O4. The molecular weight excluding hydrogens is 344 g/mol. The third-order valence-electron chi connectivity index (χ3n) is 5.73. The van der Waals surface area contributed by atoms with Crippen molar-refractivity contribution in [3.8, 4) is 5.75 Å². The molecule has 2 fully saturated rings. The summed E-state index contributed by atoms with van der Waals surface area (Å²) >= 11 is 0. The van der Waals surface area contributed by atoms with E-state index in [4.69, 9.17) is 9.47 Å². The predicted molar refractivity (Wildman–Crippen MR) is 103 cm³/mol. The van der Waals surface area contributed by atoms with E-state index >= 15 is 0 Å². The third kappa shape index (κ3) is 4.54. The minimum absolute atomic E-state index is 0.104. The van der Waals surface area contributed by atoms with E-state index in [9.17, 15) is 9.59 Å². The van der Waals surface area contributed by atoms with Crippen molar-refractivity contribution in [1.29, 1.82) is 0 Å². The van der Waals surface area contributed by atoms with Crippen molar-refractivity contribution >= 4 is 12.0 Å². The van der Waals surface area contributed by atoms with Gasteiger partial charge in [0, 0.05) is 26.2 Å². The highest BCUT2D eigenvalue weighted by Crippen LogP contribution is 2.39. The second-order valence-electron chi connectivity index (χ2n) is 7.31. The molecule has 1 aliphatic heterocycles. The van der Waals surface area contributed by atoms with Gasteiger partial charge in [0.05, 0.1) is 19.6 Å². The quantitative estimate of drug-likeness (QED) is 0.794. The first kappa shape index (κ1) is 19.5. The number of piperazine rings is 1. The molecule has 1 atom stereocenters. The number of methoxy groups -OCH3 is 1. The van der Waals surface area contributed by atoms with Crippen molar-refractivity contribution in [2.24, 2.45) is 5.92 Å². The molecule has 0 bridgehead atoms. The van der Waals surface area contributed by atoms with Gasteiger partial charge in [0.2, 0.25) is 5.91 Å². The second-order valence-corrected chi connectivity index (χ2v) is 7.31. The van der Waals surface area contributed by atoms with Crippen LogP contribution in [0.3, 0.4) is 0 Å².